The largest absolute Gasteiger partial charge is 0.480 e. The van der Waals surface area contributed by atoms with Crippen LogP contribution >= 0.6 is 22.9 Å². The van der Waals surface area contributed by atoms with E-state index in [9.17, 15) is 14.3 Å². The molecule has 0 amide bonds. The molecule has 2 N–H and O–H groups in total. The summed E-state index contributed by atoms with van der Waals surface area (Å²) in [6.45, 7) is 3.22. The molecule has 182 valence electrons. The molecule has 2 aliphatic heterocycles. The number of morpholine rings is 1. The molecule has 7 nitrogen and oxygen atoms in total. The molecule has 5 rings (SSSR count). The minimum atomic E-state index is -1.03. The number of hydrogen-bond acceptors (Lipinski definition) is 7. The van der Waals surface area contributed by atoms with Crippen molar-refractivity contribution >= 4 is 34.7 Å². The summed E-state index contributed by atoms with van der Waals surface area (Å²) in [5.74, 6) is 6.17. The molecule has 1 aromatic heterocycles. The Morgan fingerprint density at radius 3 is 2.97 bits per heavy atom. The summed E-state index contributed by atoms with van der Waals surface area (Å²) in [6, 6.07) is 3.49. The van der Waals surface area contributed by atoms with Crippen LogP contribution in [0.1, 0.15) is 30.3 Å². The molecule has 1 aromatic carbocycles. The normalized spacial score (nSPS) is 24.9. The van der Waals surface area contributed by atoms with E-state index in [0.29, 0.717) is 47.6 Å². The van der Waals surface area contributed by atoms with Crippen LogP contribution in [0.5, 0.6) is 0 Å². The van der Waals surface area contributed by atoms with Crippen molar-refractivity contribution < 1.29 is 19.0 Å². The zero-order chi connectivity index (χ0) is 24.6. The maximum atomic E-state index is 13.9. The van der Waals surface area contributed by atoms with E-state index in [1.54, 1.807) is 12.3 Å². The molecule has 3 heterocycles. The Morgan fingerprint density at radius 1 is 1.46 bits per heavy atom. The van der Waals surface area contributed by atoms with E-state index in [4.69, 9.17) is 21.3 Å². The number of thiazole rings is 1. The number of aliphatic imine (C=N–C) groups is 1. The monoisotopic (exact) mass is 514 g/mol. The van der Waals surface area contributed by atoms with Crippen molar-refractivity contribution in [3.05, 3.63) is 62.5 Å². The Kier molecular flexibility index (Phi) is 6.64. The predicted octanol–water partition coefficient (Wildman–Crippen LogP) is 3.65. The summed E-state index contributed by atoms with van der Waals surface area (Å²) >= 11 is 7.98. The van der Waals surface area contributed by atoms with E-state index in [1.165, 1.54) is 23.5 Å². The average molecular weight is 515 g/mol. The van der Waals surface area contributed by atoms with Gasteiger partial charge in [-0.1, -0.05) is 29.5 Å². The summed E-state index contributed by atoms with van der Waals surface area (Å²) in [6.07, 6.45) is 3.80. The van der Waals surface area contributed by atoms with E-state index >= 15 is 0 Å². The summed E-state index contributed by atoms with van der Waals surface area (Å²) < 4.78 is 19.4. The maximum absolute atomic E-state index is 13.9. The van der Waals surface area contributed by atoms with Gasteiger partial charge in [-0.05, 0) is 31.9 Å². The Hall–Kier alpha value is -2.77. The van der Waals surface area contributed by atoms with Crippen LogP contribution in [0.2, 0.25) is 5.02 Å². The molecule has 0 spiro atoms. The SMILES string of the molecule is CC1(c2ccc(F)cc2Cl)N=C(c2nccs2)NC(CN2CCOC[C@H]2C(=O)O)=C1C#CC1CC1. The Labute approximate surface area is 211 Å². The smallest absolute Gasteiger partial charge is 0.323 e. The lowest BCUT2D eigenvalue weighted by molar-refractivity contribution is -0.149. The third-order valence-electron chi connectivity index (χ3n) is 6.35. The lowest BCUT2D eigenvalue weighted by Crippen LogP contribution is -2.52. The lowest BCUT2D eigenvalue weighted by atomic mass is 9.82. The number of ether oxygens (including phenoxy) is 1. The second-order valence-electron chi connectivity index (χ2n) is 8.92. The number of hydrogen-bond donors (Lipinski definition) is 2. The summed E-state index contributed by atoms with van der Waals surface area (Å²) in [4.78, 5) is 23.2. The number of halogens is 2. The number of amidine groups is 1. The molecular formula is C25H24ClFN4O3S. The van der Waals surface area contributed by atoms with Crippen LogP contribution in [0.15, 0.2) is 46.0 Å². The van der Waals surface area contributed by atoms with Crippen LogP contribution in [-0.4, -0.2) is 59.1 Å². The van der Waals surface area contributed by atoms with Gasteiger partial charge in [0.2, 0.25) is 0 Å². The number of aliphatic carboxylic acids is 1. The highest BCUT2D eigenvalue weighted by Crippen LogP contribution is 2.42. The Balaban J connectivity index is 1.66. The molecule has 3 aliphatic rings. The van der Waals surface area contributed by atoms with Crippen molar-refractivity contribution in [3.8, 4) is 11.8 Å². The fourth-order valence-corrected chi connectivity index (χ4v) is 5.23. The quantitative estimate of drug-likeness (QED) is 0.592. The second kappa shape index (κ2) is 9.70. The molecule has 2 fully saturated rings. The van der Waals surface area contributed by atoms with Gasteiger partial charge in [0.25, 0.3) is 0 Å². The Morgan fingerprint density at radius 2 is 2.29 bits per heavy atom. The number of benzene rings is 1. The predicted molar refractivity (Wildman–Crippen MR) is 132 cm³/mol. The fraction of sp³-hybridized carbons (Fsp3) is 0.400. The average Bonchev–Trinajstić information content (AvgIpc) is 3.48. The number of nitrogens with one attached hydrogen (secondary N) is 1. The van der Waals surface area contributed by atoms with Crippen molar-refractivity contribution in [2.24, 2.45) is 10.9 Å². The maximum Gasteiger partial charge on any atom is 0.323 e. The minimum absolute atomic E-state index is 0.111. The van der Waals surface area contributed by atoms with Crippen LogP contribution in [-0.2, 0) is 15.1 Å². The van der Waals surface area contributed by atoms with Gasteiger partial charge in [-0.2, -0.15) is 0 Å². The molecule has 35 heavy (non-hydrogen) atoms. The van der Waals surface area contributed by atoms with Gasteiger partial charge >= 0.3 is 5.97 Å². The first-order valence-electron chi connectivity index (χ1n) is 11.4. The number of carboxylic acids is 1. The van der Waals surface area contributed by atoms with Gasteiger partial charge in [0.05, 0.1) is 18.8 Å². The van der Waals surface area contributed by atoms with Gasteiger partial charge < -0.3 is 15.2 Å². The van der Waals surface area contributed by atoms with Crippen molar-refractivity contribution in [1.29, 1.82) is 0 Å². The zero-order valence-corrected chi connectivity index (χ0v) is 20.6. The second-order valence-corrected chi connectivity index (χ2v) is 10.2. The van der Waals surface area contributed by atoms with E-state index in [2.05, 4.69) is 22.1 Å². The molecule has 10 heteroatoms. The van der Waals surface area contributed by atoms with Crippen molar-refractivity contribution in [2.45, 2.75) is 31.3 Å². The molecule has 1 saturated heterocycles. The van der Waals surface area contributed by atoms with Crippen LogP contribution in [0, 0.1) is 23.6 Å². The van der Waals surface area contributed by atoms with Crippen molar-refractivity contribution in [2.75, 3.05) is 26.3 Å². The van der Waals surface area contributed by atoms with Crippen LogP contribution in [0.3, 0.4) is 0 Å². The number of carbonyl (C=O) groups is 1. The number of rotatable bonds is 5. The van der Waals surface area contributed by atoms with Gasteiger partial charge in [0, 0.05) is 46.9 Å². The van der Waals surface area contributed by atoms with Gasteiger partial charge in [-0.3, -0.25) is 9.69 Å². The van der Waals surface area contributed by atoms with Crippen LogP contribution in [0.25, 0.3) is 0 Å². The molecule has 1 saturated carbocycles. The van der Waals surface area contributed by atoms with E-state index in [-0.39, 0.29) is 11.6 Å². The minimum Gasteiger partial charge on any atom is -0.480 e. The zero-order valence-electron chi connectivity index (χ0n) is 19.1. The van der Waals surface area contributed by atoms with Gasteiger partial charge in [-0.25, -0.2) is 14.4 Å². The highest BCUT2D eigenvalue weighted by atomic mass is 35.5. The highest BCUT2D eigenvalue weighted by Gasteiger charge is 2.40. The molecule has 1 unspecified atom stereocenters. The van der Waals surface area contributed by atoms with Crippen LogP contribution in [0.4, 0.5) is 4.39 Å². The first kappa shape index (κ1) is 23.9. The van der Waals surface area contributed by atoms with Crippen LogP contribution < -0.4 is 5.32 Å². The van der Waals surface area contributed by atoms with E-state index in [0.717, 1.165) is 18.5 Å². The standard InChI is InChI=1S/C25H24ClFN4O3S/c1-25(17-7-5-16(27)12-19(17)26)18(6-4-15-2-3-15)20(29-22(30-25)23-28-8-11-35-23)13-31-9-10-34-14-21(31)24(32)33/h5,7-8,11-12,15,21H,2-3,9-10,13-14H2,1H3,(H,29,30)(H,32,33)/t21-,25?/m0/s1. The number of nitrogens with zero attached hydrogens (tertiary/aromatic N) is 3. The number of carboxylic acid groups (broad SMARTS) is 1. The first-order chi connectivity index (χ1) is 16.8. The Bertz CT molecular complexity index is 1270. The fourth-order valence-electron chi connectivity index (χ4n) is 4.30. The van der Waals surface area contributed by atoms with E-state index in [1.807, 2.05) is 17.2 Å². The third-order valence-corrected chi connectivity index (χ3v) is 7.44. The number of aromatic nitrogens is 1. The molecular weight excluding hydrogens is 491 g/mol. The lowest BCUT2D eigenvalue weighted by Gasteiger charge is -2.38. The van der Waals surface area contributed by atoms with Gasteiger partial charge in [-0.15, -0.1) is 11.3 Å². The molecule has 2 atom stereocenters. The molecule has 0 bridgehead atoms. The topological polar surface area (TPSA) is 87.0 Å². The first-order valence-corrected chi connectivity index (χ1v) is 12.6. The van der Waals surface area contributed by atoms with E-state index < -0.39 is 23.4 Å². The summed E-state index contributed by atoms with van der Waals surface area (Å²) in [5.41, 5.74) is 1.01. The summed E-state index contributed by atoms with van der Waals surface area (Å²) in [7, 11) is 0. The molecule has 0 radical (unpaired) electrons. The molecule has 1 aliphatic carbocycles. The van der Waals surface area contributed by atoms with Crippen molar-refractivity contribution in [1.82, 2.24) is 15.2 Å². The third kappa shape index (κ3) is 4.98. The van der Waals surface area contributed by atoms with Crippen molar-refractivity contribution in [3.63, 3.8) is 0 Å². The highest BCUT2D eigenvalue weighted by molar-refractivity contribution is 7.11. The summed E-state index contributed by atoms with van der Waals surface area (Å²) in [5, 5.41) is 15.9. The molecule has 2 aromatic rings. The van der Waals surface area contributed by atoms with Gasteiger partial charge in [0.1, 0.15) is 17.4 Å². The van der Waals surface area contributed by atoms with Gasteiger partial charge in [0.15, 0.2) is 10.8 Å².